The lowest BCUT2D eigenvalue weighted by Crippen LogP contribution is -2.37. The molecule has 7 heteroatoms. The van der Waals surface area contributed by atoms with Crippen LogP contribution < -0.4 is 27.6 Å². The van der Waals surface area contributed by atoms with Gasteiger partial charge in [0.15, 0.2) is 0 Å². The molecule has 3 amide bonds. The van der Waals surface area contributed by atoms with E-state index in [-0.39, 0.29) is 5.91 Å². The molecule has 0 atom stereocenters. The topological polar surface area (TPSA) is 122 Å². The van der Waals surface area contributed by atoms with Gasteiger partial charge in [0.05, 0.1) is 5.69 Å². The molecule has 0 aliphatic rings. The molecule has 1 rings (SSSR count). The predicted octanol–water partition coefficient (Wildman–Crippen LogP) is -0.321. The Morgan fingerprint density at radius 3 is 2.44 bits per heavy atom. The number of urea groups is 1. The molecule has 7 N–H and O–H groups in total. The second-order valence-corrected chi connectivity index (χ2v) is 3.72. The number of primary amides is 1. The van der Waals surface area contributed by atoms with Crippen molar-refractivity contribution in [1.29, 1.82) is 0 Å². The van der Waals surface area contributed by atoms with Gasteiger partial charge in [0, 0.05) is 18.7 Å². The highest BCUT2D eigenvalue weighted by atomic mass is 16.2. The van der Waals surface area contributed by atoms with Crippen LogP contribution in [0.3, 0.4) is 0 Å². The van der Waals surface area contributed by atoms with Crippen molar-refractivity contribution < 1.29 is 9.59 Å². The second-order valence-electron chi connectivity index (χ2n) is 3.72. The van der Waals surface area contributed by atoms with Crippen LogP contribution in [-0.2, 0) is 0 Å². The molecule has 0 aliphatic heterocycles. The predicted molar refractivity (Wildman–Crippen MR) is 68.9 cm³/mol. The van der Waals surface area contributed by atoms with E-state index in [1.54, 1.807) is 18.2 Å². The lowest BCUT2D eigenvalue weighted by atomic mass is 10.1. The van der Waals surface area contributed by atoms with Crippen molar-refractivity contribution in [3.8, 4) is 0 Å². The molecule has 18 heavy (non-hydrogen) atoms. The molecule has 7 nitrogen and oxygen atoms in total. The summed E-state index contributed by atoms with van der Waals surface area (Å²) < 4.78 is 0. The first-order valence-electron chi connectivity index (χ1n) is 5.43. The van der Waals surface area contributed by atoms with Gasteiger partial charge in [-0.2, -0.15) is 0 Å². The number of nitrogens with two attached hydrogens (primary N) is 2. The number of anilines is 1. The smallest absolute Gasteiger partial charge is 0.312 e. The molecule has 1 aromatic carbocycles. The van der Waals surface area contributed by atoms with Crippen molar-refractivity contribution in [1.82, 2.24) is 10.6 Å². The summed E-state index contributed by atoms with van der Waals surface area (Å²) in [6.07, 6.45) is 0. The van der Waals surface area contributed by atoms with Crippen LogP contribution in [-0.4, -0.2) is 25.0 Å². The van der Waals surface area contributed by atoms with Crippen LogP contribution in [0.1, 0.15) is 15.9 Å². The average molecular weight is 251 g/mol. The normalized spacial score (nSPS) is 9.67. The highest BCUT2D eigenvalue weighted by molar-refractivity contribution is 5.94. The van der Waals surface area contributed by atoms with Crippen LogP contribution in [0.15, 0.2) is 18.2 Å². The summed E-state index contributed by atoms with van der Waals surface area (Å²) in [5, 5.41) is 5.04. The van der Waals surface area contributed by atoms with Crippen molar-refractivity contribution in [2.24, 2.45) is 11.6 Å². The number of aryl methyl sites for hydroxylation is 1. The monoisotopic (exact) mass is 251 g/mol. The molecule has 1 aromatic rings. The zero-order valence-electron chi connectivity index (χ0n) is 10.1. The number of hydrazine groups is 1. The minimum Gasteiger partial charge on any atom is -0.352 e. The standard InChI is InChI=1S/C11H17N5O2/c1-7-6-8(2-3-9(7)16-13)10(17)14-4-5-15-11(12)18/h2-3,6,16H,4-5,13H2,1H3,(H,14,17)(H3,12,15,18). The van der Waals surface area contributed by atoms with Gasteiger partial charge >= 0.3 is 6.03 Å². The SMILES string of the molecule is Cc1cc(C(=O)NCCNC(N)=O)ccc1NN. The number of amides is 3. The summed E-state index contributed by atoms with van der Waals surface area (Å²) >= 11 is 0. The third-order valence-electron chi connectivity index (χ3n) is 2.35. The maximum absolute atomic E-state index is 11.7. The molecule has 0 bridgehead atoms. The number of benzene rings is 1. The van der Waals surface area contributed by atoms with Gasteiger partial charge in [-0.1, -0.05) is 0 Å². The quantitative estimate of drug-likeness (QED) is 0.279. The molecule has 0 heterocycles. The third kappa shape index (κ3) is 3.95. The zero-order chi connectivity index (χ0) is 13.5. The van der Waals surface area contributed by atoms with Gasteiger partial charge in [0.25, 0.3) is 5.91 Å². The Morgan fingerprint density at radius 1 is 1.22 bits per heavy atom. The molecule has 98 valence electrons. The zero-order valence-corrected chi connectivity index (χ0v) is 10.1. The largest absolute Gasteiger partial charge is 0.352 e. The van der Waals surface area contributed by atoms with Crippen LogP contribution in [0.4, 0.5) is 10.5 Å². The van der Waals surface area contributed by atoms with Crippen molar-refractivity contribution in [3.05, 3.63) is 29.3 Å². The number of nitrogens with one attached hydrogen (secondary N) is 3. The number of carbonyl (C=O) groups is 2. The first kappa shape index (κ1) is 13.8. The lowest BCUT2D eigenvalue weighted by Gasteiger charge is -2.08. The Kier molecular flexibility index (Phi) is 4.94. The van der Waals surface area contributed by atoms with Crippen LogP contribution in [0.2, 0.25) is 0 Å². The average Bonchev–Trinajstić information content (AvgIpc) is 2.34. The Hall–Kier alpha value is -2.28. The van der Waals surface area contributed by atoms with Gasteiger partial charge in [-0.3, -0.25) is 10.6 Å². The Bertz CT molecular complexity index is 447. The lowest BCUT2D eigenvalue weighted by molar-refractivity contribution is 0.0954. The van der Waals surface area contributed by atoms with Crippen LogP contribution >= 0.6 is 0 Å². The Labute approximate surface area is 105 Å². The van der Waals surface area contributed by atoms with Crippen LogP contribution in [0.5, 0.6) is 0 Å². The molecular formula is C11H17N5O2. The fraction of sp³-hybridized carbons (Fsp3) is 0.273. The van der Waals surface area contributed by atoms with E-state index in [2.05, 4.69) is 16.1 Å². The minimum atomic E-state index is -0.613. The summed E-state index contributed by atoms with van der Waals surface area (Å²) in [7, 11) is 0. The van der Waals surface area contributed by atoms with E-state index in [4.69, 9.17) is 11.6 Å². The van der Waals surface area contributed by atoms with Gasteiger partial charge < -0.3 is 21.8 Å². The van der Waals surface area contributed by atoms with E-state index >= 15 is 0 Å². The molecule has 0 fully saturated rings. The molecule has 0 saturated heterocycles. The Morgan fingerprint density at radius 2 is 1.89 bits per heavy atom. The second kappa shape index (κ2) is 6.45. The van der Waals surface area contributed by atoms with E-state index < -0.39 is 6.03 Å². The van der Waals surface area contributed by atoms with Crippen LogP contribution in [0.25, 0.3) is 0 Å². The summed E-state index contributed by atoms with van der Waals surface area (Å²) in [5.74, 6) is 5.09. The molecule has 0 radical (unpaired) electrons. The van der Waals surface area contributed by atoms with E-state index in [0.717, 1.165) is 11.3 Å². The number of rotatable bonds is 5. The molecule has 0 unspecified atom stereocenters. The van der Waals surface area contributed by atoms with Crippen molar-refractivity contribution >= 4 is 17.6 Å². The maximum Gasteiger partial charge on any atom is 0.312 e. The van der Waals surface area contributed by atoms with E-state index in [9.17, 15) is 9.59 Å². The fourth-order valence-electron chi connectivity index (χ4n) is 1.43. The molecule has 0 aromatic heterocycles. The first-order chi connectivity index (χ1) is 8.54. The number of carbonyl (C=O) groups excluding carboxylic acids is 2. The summed E-state index contributed by atoms with van der Waals surface area (Å²) in [6, 6.07) is 4.51. The highest BCUT2D eigenvalue weighted by Crippen LogP contribution is 2.14. The molecule has 0 spiro atoms. The fourth-order valence-corrected chi connectivity index (χ4v) is 1.43. The van der Waals surface area contributed by atoms with Crippen molar-refractivity contribution in [2.45, 2.75) is 6.92 Å². The maximum atomic E-state index is 11.7. The Balaban J connectivity index is 2.51. The summed E-state index contributed by atoms with van der Waals surface area (Å²) in [5.41, 5.74) is 9.60. The number of hydrogen-bond donors (Lipinski definition) is 5. The van der Waals surface area contributed by atoms with Gasteiger partial charge in [-0.15, -0.1) is 0 Å². The van der Waals surface area contributed by atoms with E-state index in [0.29, 0.717) is 18.7 Å². The molecule has 0 aliphatic carbocycles. The number of nitrogen functional groups attached to an aromatic ring is 1. The summed E-state index contributed by atoms with van der Waals surface area (Å²) in [6.45, 7) is 2.46. The van der Waals surface area contributed by atoms with Gasteiger partial charge in [0.1, 0.15) is 0 Å². The highest BCUT2D eigenvalue weighted by Gasteiger charge is 2.06. The van der Waals surface area contributed by atoms with Gasteiger partial charge in [-0.25, -0.2) is 4.79 Å². The molecular weight excluding hydrogens is 234 g/mol. The van der Waals surface area contributed by atoms with Crippen molar-refractivity contribution in [2.75, 3.05) is 18.5 Å². The first-order valence-corrected chi connectivity index (χ1v) is 5.43. The molecule has 0 saturated carbocycles. The third-order valence-corrected chi connectivity index (χ3v) is 2.35. The van der Waals surface area contributed by atoms with Crippen molar-refractivity contribution in [3.63, 3.8) is 0 Å². The number of hydrogen-bond acceptors (Lipinski definition) is 4. The van der Waals surface area contributed by atoms with Gasteiger partial charge in [-0.05, 0) is 30.7 Å². The van der Waals surface area contributed by atoms with E-state index in [1.807, 2.05) is 6.92 Å². The van der Waals surface area contributed by atoms with E-state index in [1.165, 1.54) is 0 Å². The minimum absolute atomic E-state index is 0.215. The van der Waals surface area contributed by atoms with Gasteiger partial charge in [0.2, 0.25) is 0 Å². The summed E-state index contributed by atoms with van der Waals surface area (Å²) in [4.78, 5) is 22.1. The van der Waals surface area contributed by atoms with Crippen LogP contribution in [0, 0.1) is 6.92 Å².